The summed E-state index contributed by atoms with van der Waals surface area (Å²) in [5.41, 5.74) is 4.89. The molecule has 0 saturated carbocycles. The summed E-state index contributed by atoms with van der Waals surface area (Å²) in [5, 5.41) is 0. The van der Waals surface area contributed by atoms with Gasteiger partial charge in [0.05, 0.1) is 0 Å². The van der Waals surface area contributed by atoms with Gasteiger partial charge in [0.1, 0.15) is 0 Å². The van der Waals surface area contributed by atoms with Crippen molar-refractivity contribution >= 4 is 12.2 Å². The van der Waals surface area contributed by atoms with E-state index in [0.717, 1.165) is 24.0 Å². The van der Waals surface area contributed by atoms with Crippen LogP contribution < -0.4 is 0 Å². The topological polar surface area (TPSA) is 0 Å². The van der Waals surface area contributed by atoms with Gasteiger partial charge in [-0.3, -0.25) is 0 Å². The van der Waals surface area contributed by atoms with Crippen molar-refractivity contribution in [3.05, 3.63) is 60.2 Å². The summed E-state index contributed by atoms with van der Waals surface area (Å²) in [5.74, 6) is 0.410. The zero-order chi connectivity index (χ0) is 12.8. The van der Waals surface area contributed by atoms with Crippen LogP contribution in [-0.4, -0.2) is 0 Å². The molecule has 1 unspecified atom stereocenters. The maximum Gasteiger partial charge on any atom is 0.00173 e. The average Bonchev–Trinajstić information content (AvgIpc) is 2.37. The first-order valence-electron chi connectivity index (χ1n) is 6.20. The van der Waals surface area contributed by atoms with E-state index < -0.39 is 0 Å². The molecular formula is C17H22. The van der Waals surface area contributed by atoms with Crippen molar-refractivity contribution in [2.24, 2.45) is 0 Å². The van der Waals surface area contributed by atoms with Gasteiger partial charge in [-0.1, -0.05) is 75.9 Å². The molecule has 0 heteroatoms. The van der Waals surface area contributed by atoms with Crippen LogP contribution in [0, 0.1) is 0 Å². The molecule has 0 N–H and O–H groups in total. The van der Waals surface area contributed by atoms with Crippen molar-refractivity contribution in [1.82, 2.24) is 0 Å². The zero-order valence-electron chi connectivity index (χ0n) is 11.0. The van der Waals surface area contributed by atoms with E-state index >= 15 is 0 Å². The maximum atomic E-state index is 4.17. The predicted octanol–water partition coefficient (Wildman–Crippen LogP) is 5.43. The van der Waals surface area contributed by atoms with Gasteiger partial charge < -0.3 is 0 Å². The second kappa shape index (κ2) is 6.24. The molecule has 0 saturated heterocycles. The standard InChI is InChI=1S/C17H22/c1-6-9-13(4)14(5)17-11-10-15(7-2)16(8-3)12-17/h7-8,10-12,14H,2-4,6,9H2,1,5H3. The lowest BCUT2D eigenvalue weighted by Crippen LogP contribution is -1.98. The Kier molecular flexibility index (Phi) is 4.96. The highest BCUT2D eigenvalue weighted by molar-refractivity contribution is 5.64. The SMILES string of the molecule is C=Cc1ccc(C(C)C(=C)CCC)cc1C=C. The highest BCUT2D eigenvalue weighted by Gasteiger charge is 2.09. The molecule has 0 aromatic heterocycles. The highest BCUT2D eigenvalue weighted by atomic mass is 14.1. The van der Waals surface area contributed by atoms with Crippen molar-refractivity contribution in [1.29, 1.82) is 0 Å². The van der Waals surface area contributed by atoms with Gasteiger partial charge in [-0.2, -0.15) is 0 Å². The maximum absolute atomic E-state index is 4.17. The number of rotatable bonds is 6. The third kappa shape index (κ3) is 3.20. The van der Waals surface area contributed by atoms with E-state index in [4.69, 9.17) is 0 Å². The summed E-state index contributed by atoms with van der Waals surface area (Å²) in [6.45, 7) is 16.2. The molecule has 90 valence electrons. The molecule has 0 radical (unpaired) electrons. The van der Waals surface area contributed by atoms with Crippen LogP contribution in [0.5, 0.6) is 0 Å². The largest absolute Gasteiger partial charge is 0.0993 e. The van der Waals surface area contributed by atoms with E-state index in [-0.39, 0.29) is 0 Å². The molecule has 0 aliphatic heterocycles. The fourth-order valence-corrected chi connectivity index (χ4v) is 2.00. The third-order valence-electron chi connectivity index (χ3n) is 3.23. The Morgan fingerprint density at radius 1 is 1.24 bits per heavy atom. The Labute approximate surface area is 105 Å². The van der Waals surface area contributed by atoms with Crippen molar-refractivity contribution in [2.45, 2.75) is 32.6 Å². The predicted molar refractivity (Wildman–Crippen MR) is 79.1 cm³/mol. The Balaban J connectivity index is 3.03. The first-order chi connectivity index (χ1) is 8.13. The second-order valence-electron chi connectivity index (χ2n) is 4.43. The van der Waals surface area contributed by atoms with Gasteiger partial charge in [0.2, 0.25) is 0 Å². The van der Waals surface area contributed by atoms with Gasteiger partial charge in [0.15, 0.2) is 0 Å². The molecule has 17 heavy (non-hydrogen) atoms. The lowest BCUT2D eigenvalue weighted by Gasteiger charge is -2.16. The molecular weight excluding hydrogens is 204 g/mol. The molecule has 0 nitrogen and oxygen atoms in total. The highest BCUT2D eigenvalue weighted by Crippen LogP contribution is 2.28. The first-order valence-corrected chi connectivity index (χ1v) is 6.20. The van der Waals surface area contributed by atoms with Crippen molar-refractivity contribution in [2.75, 3.05) is 0 Å². The van der Waals surface area contributed by atoms with E-state index in [2.05, 4.69) is 51.8 Å². The van der Waals surface area contributed by atoms with Crippen molar-refractivity contribution in [3.8, 4) is 0 Å². The normalized spacial score (nSPS) is 11.9. The van der Waals surface area contributed by atoms with Gasteiger partial charge in [0, 0.05) is 5.92 Å². The summed E-state index contributed by atoms with van der Waals surface area (Å²) in [6, 6.07) is 6.46. The van der Waals surface area contributed by atoms with Crippen LogP contribution in [0.4, 0.5) is 0 Å². The molecule has 0 amide bonds. The van der Waals surface area contributed by atoms with Crippen LogP contribution in [0.1, 0.15) is 49.3 Å². The summed E-state index contributed by atoms with van der Waals surface area (Å²) in [7, 11) is 0. The molecule has 0 heterocycles. The second-order valence-corrected chi connectivity index (χ2v) is 4.43. The van der Waals surface area contributed by atoms with Crippen LogP contribution >= 0.6 is 0 Å². The minimum Gasteiger partial charge on any atom is -0.0993 e. The monoisotopic (exact) mass is 226 g/mol. The summed E-state index contributed by atoms with van der Waals surface area (Å²) in [6.07, 6.45) is 6.00. The van der Waals surface area contributed by atoms with Gasteiger partial charge in [-0.05, 0) is 23.1 Å². The third-order valence-corrected chi connectivity index (χ3v) is 3.23. The summed E-state index contributed by atoms with van der Waals surface area (Å²) < 4.78 is 0. The number of benzene rings is 1. The van der Waals surface area contributed by atoms with E-state index in [0.29, 0.717) is 5.92 Å². The lowest BCUT2D eigenvalue weighted by molar-refractivity contribution is 0.787. The number of hydrogen-bond donors (Lipinski definition) is 0. The molecule has 0 bridgehead atoms. The quantitative estimate of drug-likeness (QED) is 0.567. The number of hydrogen-bond acceptors (Lipinski definition) is 0. The summed E-state index contributed by atoms with van der Waals surface area (Å²) >= 11 is 0. The van der Waals surface area contributed by atoms with E-state index in [1.807, 2.05) is 12.2 Å². The summed E-state index contributed by atoms with van der Waals surface area (Å²) in [4.78, 5) is 0. The Hall–Kier alpha value is -1.56. The fraction of sp³-hybridized carbons (Fsp3) is 0.294. The number of allylic oxidation sites excluding steroid dienone is 1. The molecule has 1 aromatic rings. The van der Waals surface area contributed by atoms with E-state index in [1.54, 1.807) is 0 Å². The molecule has 1 aromatic carbocycles. The molecule has 1 atom stereocenters. The molecule has 0 aliphatic carbocycles. The minimum absolute atomic E-state index is 0.410. The Morgan fingerprint density at radius 3 is 2.41 bits per heavy atom. The van der Waals surface area contributed by atoms with Crippen LogP contribution in [0.3, 0.4) is 0 Å². The van der Waals surface area contributed by atoms with E-state index in [1.165, 1.54) is 11.1 Å². The Bertz CT molecular complexity index is 424. The fourth-order valence-electron chi connectivity index (χ4n) is 2.00. The van der Waals surface area contributed by atoms with Gasteiger partial charge >= 0.3 is 0 Å². The van der Waals surface area contributed by atoms with Crippen LogP contribution in [0.15, 0.2) is 43.5 Å². The van der Waals surface area contributed by atoms with Crippen LogP contribution in [-0.2, 0) is 0 Å². The van der Waals surface area contributed by atoms with Crippen LogP contribution in [0.25, 0.3) is 12.2 Å². The smallest absolute Gasteiger partial charge is 0.00173 e. The average molecular weight is 226 g/mol. The van der Waals surface area contributed by atoms with Crippen molar-refractivity contribution in [3.63, 3.8) is 0 Å². The van der Waals surface area contributed by atoms with E-state index in [9.17, 15) is 0 Å². The van der Waals surface area contributed by atoms with Crippen molar-refractivity contribution < 1.29 is 0 Å². The van der Waals surface area contributed by atoms with Crippen LogP contribution in [0.2, 0.25) is 0 Å². The van der Waals surface area contributed by atoms with Gasteiger partial charge in [-0.25, -0.2) is 0 Å². The minimum atomic E-state index is 0.410. The van der Waals surface area contributed by atoms with Gasteiger partial charge in [0.25, 0.3) is 0 Å². The lowest BCUT2D eigenvalue weighted by atomic mass is 9.89. The molecule has 0 spiro atoms. The molecule has 1 rings (SSSR count). The zero-order valence-corrected chi connectivity index (χ0v) is 11.0. The first kappa shape index (κ1) is 13.5. The van der Waals surface area contributed by atoms with Gasteiger partial charge in [-0.15, -0.1) is 0 Å². The molecule has 0 fully saturated rings. The molecule has 0 aliphatic rings. The Morgan fingerprint density at radius 2 is 1.88 bits per heavy atom.